The minimum atomic E-state index is -2.85. The number of halogens is 3. The second kappa shape index (κ2) is 12.8. The Bertz CT molecular complexity index is 1030. The van der Waals surface area contributed by atoms with Crippen molar-refractivity contribution in [1.82, 2.24) is 0 Å². The first-order valence-electron chi connectivity index (χ1n) is 12.7. The zero-order valence-electron chi connectivity index (χ0n) is 20.8. The van der Waals surface area contributed by atoms with Gasteiger partial charge in [-0.3, -0.25) is 0 Å². The molecule has 0 spiro atoms. The van der Waals surface area contributed by atoms with E-state index in [-0.39, 0.29) is 5.56 Å². The highest BCUT2D eigenvalue weighted by molar-refractivity contribution is 5.68. The van der Waals surface area contributed by atoms with Gasteiger partial charge in [-0.05, 0) is 84.9 Å². The molecule has 0 unspecified atom stereocenters. The molecule has 3 aromatic rings. The quantitative estimate of drug-likeness (QED) is 0.233. The molecule has 3 aromatic carbocycles. The Morgan fingerprint density at radius 3 is 1.76 bits per heavy atom. The molecule has 0 radical (unpaired) electrons. The lowest BCUT2D eigenvalue weighted by Crippen LogP contribution is -2.06. The van der Waals surface area contributed by atoms with Crippen LogP contribution in [0.4, 0.5) is 13.2 Å². The maximum absolute atomic E-state index is 15.4. The van der Waals surface area contributed by atoms with E-state index >= 15 is 4.39 Å². The van der Waals surface area contributed by atoms with Crippen LogP contribution in [0.1, 0.15) is 85.8 Å². The molecule has 0 atom stereocenters. The van der Waals surface area contributed by atoms with Crippen molar-refractivity contribution >= 4 is 0 Å². The molecule has 182 valence electrons. The van der Waals surface area contributed by atoms with Gasteiger partial charge in [0.15, 0.2) is 0 Å². The predicted octanol–water partition coefficient (Wildman–Crippen LogP) is 9.60. The van der Waals surface area contributed by atoms with E-state index in [2.05, 4.69) is 38.1 Å². The highest BCUT2D eigenvalue weighted by Crippen LogP contribution is 2.36. The van der Waals surface area contributed by atoms with Crippen LogP contribution in [0.25, 0.3) is 11.1 Å². The molecular weight excluding hydrogens is 429 g/mol. The number of unbranched alkanes of at least 4 members (excludes halogenated alkanes) is 3. The molecule has 0 aromatic heterocycles. The van der Waals surface area contributed by atoms with Crippen LogP contribution in [0.3, 0.4) is 0 Å². The van der Waals surface area contributed by atoms with Crippen LogP contribution in [-0.4, -0.2) is 0 Å². The molecule has 34 heavy (non-hydrogen) atoms. The van der Waals surface area contributed by atoms with Gasteiger partial charge in [0.25, 0.3) is 6.43 Å². The van der Waals surface area contributed by atoms with Gasteiger partial charge < -0.3 is 0 Å². The van der Waals surface area contributed by atoms with Crippen molar-refractivity contribution in [3.63, 3.8) is 0 Å². The largest absolute Gasteiger partial charge is 0.266 e. The van der Waals surface area contributed by atoms with E-state index in [4.69, 9.17) is 0 Å². The third-order valence-electron chi connectivity index (χ3n) is 6.69. The fourth-order valence-electron chi connectivity index (χ4n) is 4.58. The molecule has 0 aliphatic carbocycles. The van der Waals surface area contributed by atoms with E-state index in [9.17, 15) is 8.78 Å². The number of hydrogen-bond acceptors (Lipinski definition) is 0. The second-order valence-corrected chi connectivity index (χ2v) is 9.32. The lowest BCUT2D eigenvalue weighted by Gasteiger charge is -2.17. The van der Waals surface area contributed by atoms with Crippen LogP contribution >= 0.6 is 0 Å². The van der Waals surface area contributed by atoms with Crippen LogP contribution in [0.15, 0.2) is 54.6 Å². The Kier molecular flexibility index (Phi) is 9.80. The Morgan fingerprint density at radius 1 is 0.676 bits per heavy atom. The topological polar surface area (TPSA) is 0 Å². The minimum Gasteiger partial charge on any atom is -0.206 e. The molecule has 0 aliphatic heterocycles. The molecule has 0 saturated heterocycles. The smallest absolute Gasteiger partial charge is 0.206 e. The summed E-state index contributed by atoms with van der Waals surface area (Å²) in [4.78, 5) is 0. The lowest BCUT2D eigenvalue weighted by atomic mass is 9.90. The highest BCUT2D eigenvalue weighted by atomic mass is 19.3. The zero-order valence-corrected chi connectivity index (χ0v) is 20.8. The van der Waals surface area contributed by atoms with E-state index < -0.39 is 17.8 Å². The van der Waals surface area contributed by atoms with Crippen LogP contribution in [0, 0.1) is 12.7 Å². The molecule has 0 N–H and O–H groups in total. The summed E-state index contributed by atoms with van der Waals surface area (Å²) in [6.07, 6.45) is 6.00. The van der Waals surface area contributed by atoms with Crippen molar-refractivity contribution in [3.05, 3.63) is 93.8 Å². The summed E-state index contributed by atoms with van der Waals surface area (Å²) in [6.45, 7) is 6.15. The number of benzene rings is 3. The second-order valence-electron chi connectivity index (χ2n) is 9.32. The predicted molar refractivity (Wildman–Crippen MR) is 137 cm³/mol. The Labute approximate surface area is 203 Å². The number of rotatable bonds is 12. The van der Waals surface area contributed by atoms with Gasteiger partial charge in [-0.2, -0.15) is 0 Å². The van der Waals surface area contributed by atoms with Gasteiger partial charge in [0.05, 0.1) is 5.56 Å². The Balaban J connectivity index is 1.80. The first kappa shape index (κ1) is 26.1. The van der Waals surface area contributed by atoms with Crippen LogP contribution in [0.2, 0.25) is 0 Å². The average molecular weight is 467 g/mol. The summed E-state index contributed by atoms with van der Waals surface area (Å²) in [6, 6.07) is 17.8. The molecule has 0 heterocycles. The van der Waals surface area contributed by atoms with Crippen molar-refractivity contribution in [2.45, 2.75) is 85.0 Å². The zero-order chi connectivity index (χ0) is 24.5. The minimum absolute atomic E-state index is 0.259. The van der Waals surface area contributed by atoms with Crippen molar-refractivity contribution in [2.24, 2.45) is 0 Å². The first-order valence-corrected chi connectivity index (χ1v) is 12.7. The van der Waals surface area contributed by atoms with Gasteiger partial charge in [0.2, 0.25) is 0 Å². The van der Waals surface area contributed by atoms with Gasteiger partial charge in [-0.15, -0.1) is 0 Å². The molecule has 0 nitrogen and oxygen atoms in total. The number of alkyl halides is 2. The van der Waals surface area contributed by atoms with Crippen LogP contribution in [-0.2, 0) is 25.7 Å². The standard InChI is InChI=1S/C31H37F3/c1-4-6-8-10-24-11-13-25(14-12-24)17-20-27-22(3)21-28(30(32)29(27)31(33)34)26-18-15-23(16-19-26)9-7-5-2/h11-16,18-19,21,31H,4-10,17,20H2,1-3H3. The normalized spacial score (nSPS) is 11.4. The molecule has 0 bridgehead atoms. The van der Waals surface area contributed by atoms with Crippen molar-refractivity contribution < 1.29 is 13.2 Å². The van der Waals surface area contributed by atoms with E-state index in [1.54, 1.807) is 6.07 Å². The maximum atomic E-state index is 15.4. The fraction of sp³-hybridized carbons (Fsp3) is 0.419. The maximum Gasteiger partial charge on any atom is 0.266 e. The summed E-state index contributed by atoms with van der Waals surface area (Å²) < 4.78 is 43.5. The summed E-state index contributed by atoms with van der Waals surface area (Å²) in [7, 11) is 0. The van der Waals surface area contributed by atoms with E-state index in [0.29, 0.717) is 24.0 Å². The molecule has 0 saturated carbocycles. The van der Waals surface area contributed by atoms with Gasteiger partial charge in [-0.1, -0.05) is 81.6 Å². The average Bonchev–Trinajstić information content (AvgIpc) is 2.84. The SMILES string of the molecule is CCCCCc1ccc(CCc2c(C)cc(-c3ccc(CCCC)cc3)c(F)c2C(F)F)cc1. The summed E-state index contributed by atoms with van der Waals surface area (Å²) in [5, 5.41) is 0. The van der Waals surface area contributed by atoms with Crippen LogP contribution < -0.4 is 0 Å². The van der Waals surface area contributed by atoms with Gasteiger partial charge in [-0.25, -0.2) is 13.2 Å². The molecular formula is C31H37F3. The van der Waals surface area contributed by atoms with Gasteiger partial charge in [0.1, 0.15) is 5.82 Å². The van der Waals surface area contributed by atoms with Crippen molar-refractivity contribution in [3.8, 4) is 11.1 Å². The third-order valence-corrected chi connectivity index (χ3v) is 6.69. The van der Waals surface area contributed by atoms with Crippen molar-refractivity contribution in [2.75, 3.05) is 0 Å². The molecule has 0 aliphatic rings. The van der Waals surface area contributed by atoms with E-state index in [0.717, 1.165) is 36.8 Å². The number of aryl methyl sites for hydroxylation is 4. The lowest BCUT2D eigenvalue weighted by molar-refractivity contribution is 0.145. The van der Waals surface area contributed by atoms with Crippen molar-refractivity contribution in [1.29, 1.82) is 0 Å². The van der Waals surface area contributed by atoms with Crippen LogP contribution in [0.5, 0.6) is 0 Å². The molecule has 3 heteroatoms. The summed E-state index contributed by atoms with van der Waals surface area (Å²) >= 11 is 0. The summed E-state index contributed by atoms with van der Waals surface area (Å²) in [5.74, 6) is -0.789. The first-order chi connectivity index (χ1) is 16.4. The Hall–Kier alpha value is -2.55. The van der Waals surface area contributed by atoms with E-state index in [1.807, 2.05) is 31.2 Å². The summed E-state index contributed by atoms with van der Waals surface area (Å²) in [5.41, 5.74) is 5.19. The third kappa shape index (κ3) is 6.74. The number of hydrogen-bond donors (Lipinski definition) is 0. The highest BCUT2D eigenvalue weighted by Gasteiger charge is 2.24. The van der Waals surface area contributed by atoms with E-state index in [1.165, 1.54) is 30.4 Å². The van der Waals surface area contributed by atoms with Gasteiger partial charge >= 0.3 is 0 Å². The molecule has 0 fully saturated rings. The Morgan fingerprint density at radius 2 is 1.21 bits per heavy atom. The fourth-order valence-corrected chi connectivity index (χ4v) is 4.58. The molecule has 3 rings (SSSR count). The molecule has 0 amide bonds. The van der Waals surface area contributed by atoms with Gasteiger partial charge in [0, 0.05) is 5.56 Å². The monoisotopic (exact) mass is 466 g/mol.